The molecule has 0 aromatic carbocycles. The summed E-state index contributed by atoms with van der Waals surface area (Å²) in [7, 11) is 0. The lowest BCUT2D eigenvalue weighted by molar-refractivity contribution is -0.130. The number of aromatic nitrogens is 2. The monoisotopic (exact) mass is 434 g/mol. The van der Waals surface area contributed by atoms with Gasteiger partial charge in [-0.3, -0.25) is 14.5 Å². The van der Waals surface area contributed by atoms with Crippen LogP contribution in [0.4, 0.5) is 0 Å². The Morgan fingerprint density at radius 2 is 1.97 bits per heavy atom. The van der Waals surface area contributed by atoms with E-state index in [0.717, 1.165) is 62.2 Å². The molecule has 1 aliphatic heterocycles. The van der Waals surface area contributed by atoms with Crippen molar-refractivity contribution in [3.8, 4) is 0 Å². The minimum atomic E-state index is -0.0161. The molecule has 158 valence electrons. The van der Waals surface area contributed by atoms with Crippen LogP contribution < -0.4 is 5.56 Å². The standard InChI is InChI=1S/C21H30N4O2S2/c1-14(2)11-24-7-9-25(10-8-24)18(26)13-28-12-17-22-20(27)19-15-5-3-4-6-16(15)29-21(19)23-17/h14H,3-13H2,1-2H3,(H,22,23,27). The summed E-state index contributed by atoms with van der Waals surface area (Å²) in [5.74, 6) is 2.53. The summed E-state index contributed by atoms with van der Waals surface area (Å²) in [5, 5.41) is 0.800. The van der Waals surface area contributed by atoms with Crippen LogP contribution in [0.2, 0.25) is 0 Å². The van der Waals surface area contributed by atoms with Gasteiger partial charge in [0.2, 0.25) is 5.91 Å². The summed E-state index contributed by atoms with van der Waals surface area (Å²) >= 11 is 3.21. The average Bonchev–Trinajstić information content (AvgIpc) is 3.07. The van der Waals surface area contributed by atoms with Crippen molar-refractivity contribution in [2.75, 3.05) is 38.5 Å². The van der Waals surface area contributed by atoms with Crippen molar-refractivity contribution < 1.29 is 4.79 Å². The number of piperazine rings is 1. The lowest BCUT2D eigenvalue weighted by atomic mass is 9.97. The zero-order valence-electron chi connectivity index (χ0n) is 17.3. The van der Waals surface area contributed by atoms with Crippen LogP contribution in [-0.2, 0) is 23.4 Å². The van der Waals surface area contributed by atoms with E-state index in [1.807, 2.05) is 4.90 Å². The van der Waals surface area contributed by atoms with E-state index >= 15 is 0 Å². The number of hydrogen-bond donors (Lipinski definition) is 1. The average molecular weight is 435 g/mol. The van der Waals surface area contributed by atoms with Crippen molar-refractivity contribution in [2.24, 2.45) is 5.92 Å². The zero-order valence-corrected chi connectivity index (χ0v) is 19.0. The Kier molecular flexibility index (Phi) is 6.61. The SMILES string of the molecule is CC(C)CN1CCN(C(=O)CSCc2nc3sc4c(c3c(=O)[nH]2)CCCC4)CC1. The van der Waals surface area contributed by atoms with Crippen LogP contribution in [-0.4, -0.2) is 64.2 Å². The molecule has 3 heterocycles. The van der Waals surface area contributed by atoms with Crippen LogP contribution >= 0.6 is 23.1 Å². The first-order chi connectivity index (χ1) is 14.0. The minimum Gasteiger partial charge on any atom is -0.339 e. The van der Waals surface area contributed by atoms with Gasteiger partial charge in [0.25, 0.3) is 5.56 Å². The van der Waals surface area contributed by atoms with Gasteiger partial charge in [-0.05, 0) is 37.2 Å². The highest BCUT2D eigenvalue weighted by Crippen LogP contribution is 2.33. The van der Waals surface area contributed by atoms with Crippen molar-refractivity contribution in [1.82, 2.24) is 19.8 Å². The largest absolute Gasteiger partial charge is 0.339 e. The number of carbonyl (C=O) groups excluding carboxylic acids is 1. The molecule has 6 nitrogen and oxygen atoms in total. The summed E-state index contributed by atoms with van der Waals surface area (Å²) in [6, 6.07) is 0. The number of fused-ring (bicyclic) bond motifs is 3. The van der Waals surface area contributed by atoms with E-state index in [1.54, 1.807) is 11.3 Å². The number of carbonyl (C=O) groups is 1. The van der Waals surface area contributed by atoms with Gasteiger partial charge in [-0.1, -0.05) is 13.8 Å². The molecule has 0 atom stereocenters. The summed E-state index contributed by atoms with van der Waals surface area (Å²) < 4.78 is 0. The molecule has 1 saturated heterocycles. The van der Waals surface area contributed by atoms with E-state index in [4.69, 9.17) is 4.98 Å². The number of nitrogens with one attached hydrogen (secondary N) is 1. The predicted molar refractivity (Wildman–Crippen MR) is 121 cm³/mol. The van der Waals surface area contributed by atoms with Crippen molar-refractivity contribution in [3.63, 3.8) is 0 Å². The van der Waals surface area contributed by atoms with E-state index in [0.29, 0.717) is 23.2 Å². The fourth-order valence-corrected chi connectivity index (χ4v) is 6.37. The van der Waals surface area contributed by atoms with Crippen molar-refractivity contribution in [1.29, 1.82) is 0 Å². The van der Waals surface area contributed by atoms with Gasteiger partial charge >= 0.3 is 0 Å². The summed E-state index contributed by atoms with van der Waals surface area (Å²) in [6.07, 6.45) is 4.42. The Labute approximate surface area is 180 Å². The molecule has 4 rings (SSSR count). The second-order valence-corrected chi connectivity index (χ2v) is 10.5. The predicted octanol–water partition coefficient (Wildman–Crippen LogP) is 2.90. The summed E-state index contributed by atoms with van der Waals surface area (Å²) in [4.78, 5) is 39.4. The molecule has 1 N–H and O–H groups in total. The molecule has 8 heteroatoms. The maximum absolute atomic E-state index is 12.6. The molecule has 2 aromatic rings. The number of aryl methyl sites for hydroxylation is 2. The van der Waals surface area contributed by atoms with E-state index in [-0.39, 0.29) is 11.5 Å². The van der Waals surface area contributed by atoms with Crippen LogP contribution in [0.25, 0.3) is 10.2 Å². The fourth-order valence-electron chi connectivity index (χ4n) is 4.30. The van der Waals surface area contributed by atoms with Crippen LogP contribution in [0.1, 0.15) is 43.0 Å². The smallest absolute Gasteiger partial charge is 0.259 e. The van der Waals surface area contributed by atoms with Crippen molar-refractivity contribution in [3.05, 3.63) is 26.6 Å². The van der Waals surface area contributed by atoms with Gasteiger partial charge in [0, 0.05) is 37.6 Å². The van der Waals surface area contributed by atoms with Crippen LogP contribution in [0, 0.1) is 5.92 Å². The molecule has 1 amide bonds. The summed E-state index contributed by atoms with van der Waals surface area (Å²) in [5.41, 5.74) is 1.20. The van der Waals surface area contributed by atoms with Crippen molar-refractivity contribution >= 4 is 39.2 Å². The number of rotatable bonds is 6. The molecule has 0 spiro atoms. The molecule has 0 saturated carbocycles. The maximum atomic E-state index is 12.6. The number of thiophene rings is 1. The Balaban J connectivity index is 1.31. The molecule has 2 aliphatic rings. The van der Waals surface area contributed by atoms with Crippen LogP contribution in [0.15, 0.2) is 4.79 Å². The first-order valence-electron chi connectivity index (χ1n) is 10.6. The van der Waals surface area contributed by atoms with Gasteiger partial charge in [-0.25, -0.2) is 4.98 Å². The minimum absolute atomic E-state index is 0.0161. The molecular weight excluding hydrogens is 404 g/mol. The molecule has 0 radical (unpaired) electrons. The second kappa shape index (κ2) is 9.18. The van der Waals surface area contributed by atoms with Gasteiger partial charge in [0.1, 0.15) is 10.7 Å². The topological polar surface area (TPSA) is 69.3 Å². The lowest BCUT2D eigenvalue weighted by Gasteiger charge is -2.35. The third-order valence-electron chi connectivity index (χ3n) is 5.69. The summed E-state index contributed by atoms with van der Waals surface area (Å²) in [6.45, 7) is 9.11. The van der Waals surface area contributed by atoms with Crippen molar-refractivity contribution in [2.45, 2.75) is 45.3 Å². The Morgan fingerprint density at radius 1 is 1.21 bits per heavy atom. The number of H-pyrrole nitrogens is 1. The Hall–Kier alpha value is -1.38. The number of hydrogen-bond acceptors (Lipinski definition) is 6. The molecule has 2 aromatic heterocycles. The van der Waals surface area contributed by atoms with Gasteiger partial charge in [-0.15, -0.1) is 23.1 Å². The normalized spacial score (nSPS) is 17.8. The van der Waals surface area contributed by atoms with Crippen LogP contribution in [0.5, 0.6) is 0 Å². The third kappa shape index (κ3) is 4.86. The highest BCUT2D eigenvalue weighted by molar-refractivity contribution is 7.99. The number of nitrogens with zero attached hydrogens (tertiary/aromatic N) is 3. The molecule has 0 bridgehead atoms. The second-order valence-electron chi connectivity index (χ2n) is 8.47. The Bertz CT molecular complexity index is 929. The number of amides is 1. The third-order valence-corrected chi connectivity index (χ3v) is 7.80. The van der Waals surface area contributed by atoms with E-state index in [9.17, 15) is 9.59 Å². The maximum Gasteiger partial charge on any atom is 0.259 e. The zero-order chi connectivity index (χ0) is 20.4. The van der Waals surface area contributed by atoms with Gasteiger partial charge < -0.3 is 9.88 Å². The molecule has 0 unspecified atom stereocenters. The van der Waals surface area contributed by atoms with E-state index in [1.165, 1.54) is 28.6 Å². The van der Waals surface area contributed by atoms with Gasteiger partial charge in [0.15, 0.2) is 0 Å². The number of thioether (sulfide) groups is 1. The highest BCUT2D eigenvalue weighted by atomic mass is 32.2. The lowest BCUT2D eigenvalue weighted by Crippen LogP contribution is -2.50. The quantitative estimate of drug-likeness (QED) is 0.757. The molecule has 1 aliphatic carbocycles. The van der Waals surface area contributed by atoms with Gasteiger partial charge in [0.05, 0.1) is 16.9 Å². The first-order valence-corrected chi connectivity index (χ1v) is 12.6. The highest BCUT2D eigenvalue weighted by Gasteiger charge is 2.22. The van der Waals surface area contributed by atoms with E-state index < -0.39 is 0 Å². The van der Waals surface area contributed by atoms with Crippen LogP contribution in [0.3, 0.4) is 0 Å². The molecular formula is C21H30N4O2S2. The van der Waals surface area contributed by atoms with Gasteiger partial charge in [-0.2, -0.15) is 0 Å². The van der Waals surface area contributed by atoms with E-state index in [2.05, 4.69) is 23.7 Å². The molecule has 29 heavy (non-hydrogen) atoms. The number of aromatic amines is 1. The molecule has 1 fully saturated rings. The first kappa shape index (κ1) is 20.9. The Morgan fingerprint density at radius 3 is 2.72 bits per heavy atom. The fraction of sp³-hybridized carbons (Fsp3) is 0.667.